The lowest BCUT2D eigenvalue weighted by Crippen LogP contribution is -2.50. The second kappa shape index (κ2) is 4.28. The maximum Gasteiger partial charge on any atom is 0.307 e. The van der Waals surface area contributed by atoms with Crippen molar-refractivity contribution in [3.63, 3.8) is 0 Å². The first-order valence-electron chi connectivity index (χ1n) is 4.98. The van der Waals surface area contributed by atoms with E-state index in [0.717, 1.165) is 19.8 Å². The molecule has 4 heteroatoms. The van der Waals surface area contributed by atoms with Crippen molar-refractivity contribution in [2.45, 2.75) is 26.8 Å². The monoisotopic (exact) mass is 201 g/mol. The Kier molecular flexibility index (Phi) is 3.50. The quantitative estimate of drug-likeness (QED) is 0.688. The van der Waals surface area contributed by atoms with Crippen LogP contribution in [0, 0.1) is 11.3 Å². The highest BCUT2D eigenvalue weighted by Crippen LogP contribution is 2.25. The van der Waals surface area contributed by atoms with E-state index in [0.29, 0.717) is 0 Å². The fraction of sp³-hybridized carbons (Fsp3) is 0.900. The van der Waals surface area contributed by atoms with Gasteiger partial charge in [0.2, 0.25) is 0 Å². The highest BCUT2D eigenvalue weighted by Gasteiger charge is 2.34. The van der Waals surface area contributed by atoms with Crippen molar-refractivity contribution < 1.29 is 14.6 Å². The Hall–Kier alpha value is -0.610. The summed E-state index contributed by atoms with van der Waals surface area (Å²) in [5.41, 5.74) is 0.201. The van der Waals surface area contributed by atoms with Gasteiger partial charge in [0.1, 0.15) is 0 Å². The Morgan fingerprint density at radius 1 is 1.57 bits per heavy atom. The van der Waals surface area contributed by atoms with Crippen molar-refractivity contribution in [3.8, 4) is 0 Å². The van der Waals surface area contributed by atoms with Gasteiger partial charge < -0.3 is 15.2 Å². The molecule has 0 aromatic heterocycles. The predicted octanol–water partition coefficient (Wildman–Crippen LogP) is 0.722. The fourth-order valence-electron chi connectivity index (χ4n) is 1.35. The molecular weight excluding hydrogens is 182 g/mol. The first kappa shape index (κ1) is 11.5. The molecule has 1 aliphatic heterocycles. The van der Waals surface area contributed by atoms with Crippen LogP contribution < -0.4 is 5.32 Å². The summed E-state index contributed by atoms with van der Waals surface area (Å²) in [6.07, 6.45) is 0. The van der Waals surface area contributed by atoms with E-state index in [4.69, 9.17) is 9.84 Å². The van der Waals surface area contributed by atoms with Crippen molar-refractivity contribution in [1.82, 2.24) is 5.32 Å². The first-order valence-corrected chi connectivity index (χ1v) is 4.98. The maximum atomic E-state index is 10.7. The highest BCUT2D eigenvalue weighted by molar-refractivity contribution is 5.70. The van der Waals surface area contributed by atoms with Crippen LogP contribution in [-0.2, 0) is 9.53 Å². The molecule has 14 heavy (non-hydrogen) atoms. The van der Waals surface area contributed by atoms with Crippen molar-refractivity contribution in [2.24, 2.45) is 11.3 Å². The maximum absolute atomic E-state index is 10.7. The van der Waals surface area contributed by atoms with Gasteiger partial charge in [0.05, 0.1) is 19.1 Å². The van der Waals surface area contributed by atoms with Gasteiger partial charge in [-0.25, -0.2) is 0 Å². The van der Waals surface area contributed by atoms with E-state index in [2.05, 4.69) is 12.2 Å². The van der Waals surface area contributed by atoms with Crippen LogP contribution in [0.3, 0.4) is 0 Å². The summed E-state index contributed by atoms with van der Waals surface area (Å²) in [4.78, 5) is 10.7. The smallest absolute Gasteiger partial charge is 0.307 e. The largest absolute Gasteiger partial charge is 0.481 e. The number of aliphatic carboxylic acids is 1. The van der Waals surface area contributed by atoms with Crippen LogP contribution in [0.1, 0.15) is 20.8 Å². The van der Waals surface area contributed by atoms with Gasteiger partial charge in [-0.05, 0) is 6.92 Å². The van der Waals surface area contributed by atoms with Gasteiger partial charge in [0.25, 0.3) is 0 Å². The Bertz CT molecular complexity index is 213. The molecule has 0 radical (unpaired) electrons. The number of carbonyl (C=O) groups is 1. The zero-order valence-corrected chi connectivity index (χ0v) is 9.04. The molecule has 1 fully saturated rings. The minimum absolute atomic E-state index is 0.00456. The van der Waals surface area contributed by atoms with E-state index < -0.39 is 5.97 Å². The van der Waals surface area contributed by atoms with E-state index in [1.165, 1.54) is 0 Å². The topological polar surface area (TPSA) is 58.6 Å². The van der Waals surface area contributed by atoms with Crippen LogP contribution in [0.2, 0.25) is 0 Å². The Morgan fingerprint density at radius 3 is 2.50 bits per heavy atom. The van der Waals surface area contributed by atoms with Crippen molar-refractivity contribution in [3.05, 3.63) is 0 Å². The molecule has 1 heterocycles. The summed E-state index contributed by atoms with van der Waals surface area (Å²) >= 11 is 0. The van der Waals surface area contributed by atoms with Gasteiger partial charge in [-0.3, -0.25) is 4.79 Å². The molecule has 0 bridgehead atoms. The molecule has 0 amide bonds. The standard InChI is InChI=1S/C10H19NO3/c1-7(9(12)13)8(2)11-4-10(3)5-14-6-10/h7-8,11H,4-6H2,1-3H3,(H,12,13). The highest BCUT2D eigenvalue weighted by atomic mass is 16.5. The van der Waals surface area contributed by atoms with Gasteiger partial charge in [0, 0.05) is 18.0 Å². The lowest BCUT2D eigenvalue weighted by atomic mass is 9.88. The minimum Gasteiger partial charge on any atom is -0.481 e. The molecule has 1 aliphatic rings. The molecule has 2 N–H and O–H groups in total. The molecule has 0 aromatic carbocycles. The average Bonchev–Trinajstić information content (AvgIpc) is 2.09. The van der Waals surface area contributed by atoms with Crippen LogP contribution in [0.15, 0.2) is 0 Å². The summed E-state index contributed by atoms with van der Waals surface area (Å²) in [5.74, 6) is -1.10. The van der Waals surface area contributed by atoms with Crippen LogP contribution in [-0.4, -0.2) is 36.9 Å². The molecule has 0 saturated carbocycles. The molecule has 4 nitrogen and oxygen atoms in total. The van der Waals surface area contributed by atoms with Gasteiger partial charge >= 0.3 is 5.97 Å². The molecular formula is C10H19NO3. The van der Waals surface area contributed by atoms with E-state index in [1.807, 2.05) is 6.92 Å². The minimum atomic E-state index is -0.750. The van der Waals surface area contributed by atoms with E-state index in [9.17, 15) is 4.79 Å². The van der Waals surface area contributed by atoms with Crippen molar-refractivity contribution >= 4 is 5.97 Å². The van der Waals surface area contributed by atoms with Crippen molar-refractivity contribution in [2.75, 3.05) is 19.8 Å². The summed E-state index contributed by atoms with van der Waals surface area (Å²) in [7, 11) is 0. The van der Waals surface area contributed by atoms with Gasteiger partial charge in [0.15, 0.2) is 0 Å². The second-order valence-corrected chi connectivity index (χ2v) is 4.60. The number of carboxylic acid groups (broad SMARTS) is 1. The number of nitrogens with one attached hydrogen (secondary N) is 1. The lowest BCUT2D eigenvalue weighted by molar-refractivity contribution is -0.142. The molecule has 0 aromatic rings. The molecule has 1 saturated heterocycles. The lowest BCUT2D eigenvalue weighted by Gasteiger charge is -2.39. The van der Waals surface area contributed by atoms with E-state index >= 15 is 0 Å². The molecule has 1 rings (SSSR count). The van der Waals surface area contributed by atoms with Gasteiger partial charge in [-0.1, -0.05) is 13.8 Å². The van der Waals surface area contributed by atoms with Gasteiger partial charge in [-0.15, -0.1) is 0 Å². The van der Waals surface area contributed by atoms with E-state index in [-0.39, 0.29) is 17.4 Å². The van der Waals surface area contributed by atoms with Crippen LogP contribution >= 0.6 is 0 Å². The summed E-state index contributed by atoms with van der Waals surface area (Å²) in [5, 5.41) is 12.0. The van der Waals surface area contributed by atoms with E-state index in [1.54, 1.807) is 6.92 Å². The Morgan fingerprint density at radius 2 is 2.14 bits per heavy atom. The number of ether oxygens (including phenoxy) is 1. The van der Waals surface area contributed by atoms with Crippen LogP contribution in [0.5, 0.6) is 0 Å². The third-order valence-electron chi connectivity index (χ3n) is 2.89. The SMILES string of the molecule is CC(NCC1(C)COC1)C(C)C(=O)O. The van der Waals surface area contributed by atoms with Crippen molar-refractivity contribution in [1.29, 1.82) is 0 Å². The molecule has 0 spiro atoms. The normalized spacial score (nSPS) is 23.6. The molecule has 82 valence electrons. The zero-order chi connectivity index (χ0) is 10.8. The third kappa shape index (κ3) is 2.69. The average molecular weight is 201 g/mol. The molecule has 2 atom stereocenters. The summed E-state index contributed by atoms with van der Waals surface area (Å²) in [6, 6.07) is 0.00456. The summed E-state index contributed by atoms with van der Waals surface area (Å²) in [6.45, 7) is 8.14. The number of carboxylic acids is 1. The van der Waals surface area contributed by atoms with Crippen LogP contribution in [0.4, 0.5) is 0 Å². The number of hydrogen-bond donors (Lipinski definition) is 2. The third-order valence-corrected chi connectivity index (χ3v) is 2.89. The number of hydrogen-bond acceptors (Lipinski definition) is 3. The Balaban J connectivity index is 2.26. The van der Waals surface area contributed by atoms with Crippen LogP contribution in [0.25, 0.3) is 0 Å². The summed E-state index contributed by atoms with van der Waals surface area (Å²) < 4.78 is 5.12. The predicted molar refractivity (Wildman–Crippen MR) is 53.2 cm³/mol. The second-order valence-electron chi connectivity index (χ2n) is 4.60. The van der Waals surface area contributed by atoms with Gasteiger partial charge in [-0.2, -0.15) is 0 Å². The Labute approximate surface area is 84.6 Å². The molecule has 0 aliphatic carbocycles. The molecule has 2 unspecified atom stereocenters. The number of rotatable bonds is 5. The zero-order valence-electron chi connectivity index (χ0n) is 9.04. The fourth-order valence-corrected chi connectivity index (χ4v) is 1.35. The first-order chi connectivity index (χ1) is 6.44.